The lowest BCUT2D eigenvalue weighted by Gasteiger charge is -2.33. The lowest BCUT2D eigenvalue weighted by atomic mass is 9.88. The molecule has 0 bridgehead atoms. The van der Waals surface area contributed by atoms with Crippen LogP contribution in [-0.2, 0) is 5.60 Å². The Hall–Kier alpha value is -0.970. The van der Waals surface area contributed by atoms with E-state index in [0.29, 0.717) is 29.7 Å². The maximum Gasteiger partial charge on any atom is 0.112 e. The van der Waals surface area contributed by atoms with Gasteiger partial charge in [-0.05, 0) is 18.6 Å². The van der Waals surface area contributed by atoms with Gasteiger partial charge in [-0.3, -0.25) is 5.43 Å². The van der Waals surface area contributed by atoms with E-state index in [4.69, 9.17) is 23.2 Å². The van der Waals surface area contributed by atoms with E-state index in [2.05, 4.69) is 17.5 Å². The molecular formula is C14H19Cl2N3O. The number of halogens is 2. The third kappa shape index (κ3) is 3.57. The molecule has 0 amide bonds. The largest absolute Gasteiger partial charge is 0.383 e. The molecule has 6 heteroatoms. The average Bonchev–Trinajstić information content (AvgIpc) is 2.88. The Kier molecular flexibility index (Phi) is 5.13. The van der Waals surface area contributed by atoms with Crippen LogP contribution in [-0.4, -0.2) is 29.6 Å². The molecule has 0 spiro atoms. The zero-order valence-electron chi connectivity index (χ0n) is 11.4. The Labute approximate surface area is 129 Å². The Balaban J connectivity index is 2.26. The standard InChI is InChI=1S/C14H19Cl2N3O/c1-2-3-6-14(20,8-19-9-17-18-10-19)12-5-4-11(15)7-13(12)16/h4-5,7,9,18,20H,2-3,6,8,10H2,1H3. The summed E-state index contributed by atoms with van der Waals surface area (Å²) in [5.74, 6) is 0. The van der Waals surface area contributed by atoms with Crippen molar-refractivity contribution in [2.45, 2.75) is 31.8 Å². The fourth-order valence-corrected chi connectivity index (χ4v) is 2.95. The van der Waals surface area contributed by atoms with Crippen LogP contribution in [0, 0.1) is 0 Å². The summed E-state index contributed by atoms with van der Waals surface area (Å²) in [5.41, 5.74) is 2.57. The lowest BCUT2D eigenvalue weighted by Crippen LogP contribution is -2.41. The molecule has 1 aliphatic heterocycles. The van der Waals surface area contributed by atoms with Crippen LogP contribution in [0.4, 0.5) is 0 Å². The smallest absolute Gasteiger partial charge is 0.112 e. The molecule has 0 aromatic heterocycles. The monoisotopic (exact) mass is 315 g/mol. The Morgan fingerprint density at radius 3 is 2.85 bits per heavy atom. The van der Waals surface area contributed by atoms with Crippen molar-refractivity contribution in [3.05, 3.63) is 33.8 Å². The second-order valence-corrected chi connectivity index (χ2v) is 5.91. The number of hydrogen-bond acceptors (Lipinski definition) is 4. The summed E-state index contributed by atoms with van der Waals surface area (Å²) in [5, 5.41) is 16.1. The molecule has 1 heterocycles. The molecule has 0 radical (unpaired) electrons. The van der Waals surface area contributed by atoms with Gasteiger partial charge in [0.25, 0.3) is 0 Å². The Bertz CT molecular complexity index is 495. The second kappa shape index (κ2) is 6.66. The van der Waals surface area contributed by atoms with Crippen molar-refractivity contribution in [2.75, 3.05) is 13.2 Å². The normalized spacial score (nSPS) is 17.1. The molecule has 1 atom stereocenters. The van der Waals surface area contributed by atoms with Gasteiger partial charge in [-0.1, -0.05) is 49.0 Å². The molecule has 4 nitrogen and oxygen atoms in total. The van der Waals surface area contributed by atoms with Crippen LogP contribution in [0.5, 0.6) is 0 Å². The van der Waals surface area contributed by atoms with Crippen LogP contribution in [0.2, 0.25) is 10.0 Å². The van der Waals surface area contributed by atoms with Crippen LogP contribution in [0.15, 0.2) is 23.3 Å². The number of β-amino-alcohol motifs (C(OH)–C–C–N with tert-alkyl or cyclic N) is 1. The van der Waals surface area contributed by atoms with Crippen molar-refractivity contribution in [3.63, 3.8) is 0 Å². The topological polar surface area (TPSA) is 47.9 Å². The number of rotatable bonds is 6. The third-order valence-corrected chi connectivity index (χ3v) is 3.97. The zero-order chi connectivity index (χ0) is 14.6. The van der Waals surface area contributed by atoms with Crippen molar-refractivity contribution in [1.29, 1.82) is 0 Å². The molecule has 1 unspecified atom stereocenters. The van der Waals surface area contributed by atoms with E-state index in [1.807, 2.05) is 4.90 Å². The number of nitrogens with one attached hydrogen (secondary N) is 1. The van der Waals surface area contributed by atoms with E-state index in [1.54, 1.807) is 24.5 Å². The van der Waals surface area contributed by atoms with Crippen LogP contribution in [0.1, 0.15) is 31.7 Å². The fourth-order valence-electron chi connectivity index (χ4n) is 2.36. The Morgan fingerprint density at radius 1 is 1.45 bits per heavy atom. The van der Waals surface area contributed by atoms with Gasteiger partial charge in [0.15, 0.2) is 0 Å². The minimum absolute atomic E-state index is 0.449. The van der Waals surface area contributed by atoms with Gasteiger partial charge in [0.05, 0.1) is 6.54 Å². The Morgan fingerprint density at radius 2 is 2.25 bits per heavy atom. The SMILES string of the molecule is CCCCC(O)(CN1C=NNC1)c1ccc(Cl)cc1Cl. The number of aliphatic hydroxyl groups is 1. The van der Waals surface area contributed by atoms with Crippen molar-refractivity contribution in [2.24, 2.45) is 5.10 Å². The van der Waals surface area contributed by atoms with E-state index in [1.165, 1.54) is 0 Å². The number of nitrogens with zero attached hydrogens (tertiary/aromatic N) is 2. The van der Waals surface area contributed by atoms with Crippen LogP contribution < -0.4 is 5.43 Å². The van der Waals surface area contributed by atoms with Crippen LogP contribution in [0.3, 0.4) is 0 Å². The van der Waals surface area contributed by atoms with Gasteiger partial charge in [0.1, 0.15) is 18.6 Å². The molecule has 0 saturated carbocycles. The van der Waals surface area contributed by atoms with Crippen LogP contribution in [0.25, 0.3) is 0 Å². The summed E-state index contributed by atoms with van der Waals surface area (Å²) in [6, 6.07) is 5.24. The summed E-state index contributed by atoms with van der Waals surface area (Å²) in [7, 11) is 0. The van der Waals surface area contributed by atoms with E-state index in [0.717, 1.165) is 18.4 Å². The maximum absolute atomic E-state index is 11.1. The molecule has 110 valence electrons. The second-order valence-electron chi connectivity index (χ2n) is 5.07. The van der Waals surface area contributed by atoms with Gasteiger partial charge >= 0.3 is 0 Å². The number of hydrogen-bond donors (Lipinski definition) is 2. The highest BCUT2D eigenvalue weighted by molar-refractivity contribution is 6.35. The average molecular weight is 316 g/mol. The molecular weight excluding hydrogens is 297 g/mol. The molecule has 0 saturated heterocycles. The zero-order valence-corrected chi connectivity index (χ0v) is 13.0. The summed E-state index contributed by atoms with van der Waals surface area (Å²) in [6.07, 6.45) is 4.28. The highest BCUT2D eigenvalue weighted by Crippen LogP contribution is 2.34. The van der Waals surface area contributed by atoms with Gasteiger partial charge in [-0.2, -0.15) is 5.10 Å². The molecule has 0 fully saturated rings. The van der Waals surface area contributed by atoms with Gasteiger partial charge in [-0.15, -0.1) is 0 Å². The highest BCUT2D eigenvalue weighted by Gasteiger charge is 2.33. The minimum atomic E-state index is -1.00. The first-order valence-corrected chi connectivity index (χ1v) is 7.49. The maximum atomic E-state index is 11.1. The molecule has 20 heavy (non-hydrogen) atoms. The molecule has 2 rings (SSSR count). The highest BCUT2D eigenvalue weighted by atomic mass is 35.5. The number of hydrazone groups is 1. The van der Waals surface area contributed by atoms with Crippen LogP contribution >= 0.6 is 23.2 Å². The lowest BCUT2D eigenvalue weighted by molar-refractivity contribution is 0.00685. The fraction of sp³-hybridized carbons (Fsp3) is 0.500. The van der Waals surface area contributed by atoms with Crippen molar-refractivity contribution >= 4 is 29.5 Å². The van der Waals surface area contributed by atoms with Gasteiger partial charge < -0.3 is 10.0 Å². The molecule has 1 aliphatic rings. The number of unbranched alkanes of at least 4 members (excludes halogenated alkanes) is 1. The third-order valence-electron chi connectivity index (χ3n) is 3.43. The molecule has 2 N–H and O–H groups in total. The predicted molar refractivity (Wildman–Crippen MR) is 83.1 cm³/mol. The van der Waals surface area contributed by atoms with Gasteiger partial charge in [0.2, 0.25) is 0 Å². The summed E-state index contributed by atoms with van der Waals surface area (Å²) in [6.45, 7) is 3.15. The minimum Gasteiger partial charge on any atom is -0.383 e. The quantitative estimate of drug-likeness (QED) is 0.847. The van der Waals surface area contributed by atoms with E-state index in [-0.39, 0.29) is 0 Å². The van der Waals surface area contributed by atoms with Crippen molar-refractivity contribution < 1.29 is 5.11 Å². The molecule has 1 aromatic carbocycles. The summed E-state index contributed by atoms with van der Waals surface area (Å²) < 4.78 is 0. The first kappa shape index (κ1) is 15.4. The van der Waals surface area contributed by atoms with E-state index in [9.17, 15) is 5.11 Å². The van der Waals surface area contributed by atoms with Gasteiger partial charge in [0, 0.05) is 15.6 Å². The van der Waals surface area contributed by atoms with E-state index < -0.39 is 5.60 Å². The van der Waals surface area contributed by atoms with Gasteiger partial charge in [-0.25, -0.2) is 0 Å². The summed E-state index contributed by atoms with van der Waals surface area (Å²) >= 11 is 12.2. The molecule has 0 aliphatic carbocycles. The first-order valence-electron chi connectivity index (χ1n) is 6.73. The molecule has 1 aromatic rings. The first-order chi connectivity index (χ1) is 9.55. The number of benzene rings is 1. The summed E-state index contributed by atoms with van der Waals surface area (Å²) in [4.78, 5) is 1.93. The van der Waals surface area contributed by atoms with Crippen molar-refractivity contribution in [3.8, 4) is 0 Å². The van der Waals surface area contributed by atoms with Crippen molar-refractivity contribution in [1.82, 2.24) is 10.3 Å². The van der Waals surface area contributed by atoms with E-state index >= 15 is 0 Å². The predicted octanol–water partition coefficient (Wildman–Crippen LogP) is 3.18.